The number of aryl methyl sites for hydroxylation is 1. The van der Waals surface area contributed by atoms with E-state index in [1.165, 1.54) is 48.0 Å². The van der Waals surface area contributed by atoms with Gasteiger partial charge in [-0.3, -0.25) is 9.48 Å². The van der Waals surface area contributed by atoms with Crippen LogP contribution in [0.1, 0.15) is 10.5 Å². The maximum Gasteiger partial charge on any atom is 0.491 e. The quantitative estimate of drug-likeness (QED) is 0.330. The van der Waals surface area contributed by atoms with Gasteiger partial charge in [-0.2, -0.15) is 19.2 Å². The van der Waals surface area contributed by atoms with Crippen LogP contribution < -0.4 is 0 Å². The molecule has 1 amide bonds. The Hall–Kier alpha value is -3.66. The molecule has 1 saturated heterocycles. The number of nitro groups is 1. The van der Waals surface area contributed by atoms with E-state index in [0.717, 1.165) is 0 Å². The highest BCUT2D eigenvalue weighted by Crippen LogP contribution is 2.17. The molecule has 16 heteroatoms. The van der Waals surface area contributed by atoms with Gasteiger partial charge < -0.3 is 15.0 Å². The predicted octanol–water partition coefficient (Wildman–Crippen LogP) is -1.23. The van der Waals surface area contributed by atoms with Crippen LogP contribution in [0.15, 0.2) is 35.9 Å². The fraction of sp³-hybridized carbons (Fsp3) is 0.400. The van der Waals surface area contributed by atoms with Crippen molar-refractivity contribution in [2.24, 2.45) is 7.05 Å². The Morgan fingerprint density at radius 3 is 2.55 bits per heavy atom. The second-order valence-corrected chi connectivity index (χ2v) is 8.71. The van der Waals surface area contributed by atoms with Gasteiger partial charge in [0.2, 0.25) is 16.4 Å². The monoisotopic (exact) mass is 450 g/mol. The van der Waals surface area contributed by atoms with Crippen LogP contribution in [0.3, 0.4) is 0 Å². The first kappa shape index (κ1) is 20.6. The summed E-state index contributed by atoms with van der Waals surface area (Å²) in [6, 6.07) is 1.52. The topological polar surface area (TPSA) is 167 Å². The minimum atomic E-state index is -3.66. The molecule has 0 radical (unpaired) electrons. The molecule has 0 saturated carbocycles. The molecule has 0 atom stereocenters. The zero-order valence-corrected chi connectivity index (χ0v) is 17.2. The third kappa shape index (κ3) is 4.15. The molecule has 0 aromatic carbocycles. The second-order valence-electron chi connectivity index (χ2n) is 6.77. The van der Waals surface area contributed by atoms with Crippen LogP contribution in [0, 0.1) is 10.1 Å². The van der Waals surface area contributed by atoms with Gasteiger partial charge in [0.05, 0.1) is 6.20 Å². The lowest BCUT2D eigenvalue weighted by molar-refractivity contribution is -0.394. The van der Waals surface area contributed by atoms with Crippen molar-refractivity contribution in [2.45, 2.75) is 11.6 Å². The first-order valence-corrected chi connectivity index (χ1v) is 10.5. The largest absolute Gasteiger partial charge is 0.491 e. The summed E-state index contributed by atoms with van der Waals surface area (Å²) in [6.07, 6.45) is 5.47. The normalized spacial score (nSPS) is 15.3. The van der Waals surface area contributed by atoms with Crippen molar-refractivity contribution in [3.63, 3.8) is 0 Å². The molecule has 1 aliphatic rings. The molecule has 0 N–H and O–H groups in total. The first-order chi connectivity index (χ1) is 14.7. The Morgan fingerprint density at radius 2 is 1.94 bits per heavy atom. The summed E-state index contributed by atoms with van der Waals surface area (Å²) < 4.78 is 30.7. The van der Waals surface area contributed by atoms with Gasteiger partial charge in [-0.1, -0.05) is 4.98 Å². The zero-order valence-electron chi connectivity index (χ0n) is 16.3. The van der Waals surface area contributed by atoms with Crippen LogP contribution in [-0.4, -0.2) is 89.0 Å². The van der Waals surface area contributed by atoms with Gasteiger partial charge in [0, 0.05) is 50.7 Å². The molecule has 3 aromatic rings. The number of carbonyl (C=O) groups excluding carboxylic acids is 1. The summed E-state index contributed by atoms with van der Waals surface area (Å²) in [7, 11) is -2.02. The number of nitrogens with zero attached hydrogens (tertiary/aromatic N) is 10. The minimum absolute atomic E-state index is 0.0469. The van der Waals surface area contributed by atoms with Crippen LogP contribution in [0.4, 0.5) is 5.95 Å². The third-order valence-corrected chi connectivity index (χ3v) is 6.53. The number of rotatable bonds is 6. The summed E-state index contributed by atoms with van der Waals surface area (Å²) in [5.74, 6) is -0.857. The maximum atomic E-state index is 12.7. The highest BCUT2D eigenvalue weighted by atomic mass is 32.2. The highest BCUT2D eigenvalue weighted by Gasteiger charge is 2.31. The Kier molecular flexibility index (Phi) is 5.24. The van der Waals surface area contributed by atoms with E-state index < -0.39 is 20.9 Å². The Bertz CT molecular complexity index is 1220. The van der Waals surface area contributed by atoms with Gasteiger partial charge >= 0.3 is 5.95 Å². The van der Waals surface area contributed by atoms with Crippen molar-refractivity contribution >= 4 is 21.9 Å². The van der Waals surface area contributed by atoms with Crippen molar-refractivity contribution in [2.75, 3.05) is 26.2 Å². The number of hydrogen-bond donors (Lipinski definition) is 0. The molecule has 1 fully saturated rings. The van der Waals surface area contributed by atoms with E-state index in [0.29, 0.717) is 0 Å². The lowest BCUT2D eigenvalue weighted by atomic mass is 10.3. The summed E-state index contributed by atoms with van der Waals surface area (Å²) >= 11 is 0. The van der Waals surface area contributed by atoms with Crippen molar-refractivity contribution in [3.8, 4) is 0 Å². The van der Waals surface area contributed by atoms with E-state index in [-0.39, 0.29) is 49.3 Å². The van der Waals surface area contributed by atoms with E-state index in [1.807, 2.05) is 0 Å². The molecule has 1 aliphatic heterocycles. The minimum Gasteiger partial charge on any atom is -0.390 e. The number of aromatic nitrogens is 7. The molecular formula is C15H18N10O5S. The molecule has 0 bridgehead atoms. The first-order valence-electron chi connectivity index (χ1n) is 9.09. The second kappa shape index (κ2) is 7.88. The lowest BCUT2D eigenvalue weighted by Crippen LogP contribution is -2.50. The molecule has 164 valence electrons. The van der Waals surface area contributed by atoms with E-state index in [9.17, 15) is 23.3 Å². The van der Waals surface area contributed by atoms with Crippen LogP contribution in [0.5, 0.6) is 0 Å². The lowest BCUT2D eigenvalue weighted by Gasteiger charge is -2.33. The van der Waals surface area contributed by atoms with Crippen molar-refractivity contribution < 1.29 is 18.1 Å². The molecule has 31 heavy (non-hydrogen) atoms. The van der Waals surface area contributed by atoms with Crippen molar-refractivity contribution in [1.29, 1.82) is 0 Å². The molecule has 4 rings (SSSR count). The summed E-state index contributed by atoms with van der Waals surface area (Å²) in [5, 5.41) is 22.4. The van der Waals surface area contributed by atoms with Crippen LogP contribution >= 0.6 is 0 Å². The summed E-state index contributed by atoms with van der Waals surface area (Å²) in [5.41, 5.74) is 0.179. The Labute approximate surface area is 175 Å². The van der Waals surface area contributed by atoms with E-state index >= 15 is 0 Å². The summed E-state index contributed by atoms with van der Waals surface area (Å²) in [4.78, 5) is 27.9. The fourth-order valence-corrected chi connectivity index (χ4v) is 4.52. The number of sulfonamides is 1. The van der Waals surface area contributed by atoms with Gasteiger partial charge in [0.25, 0.3) is 5.91 Å². The average Bonchev–Trinajstić information content (AvgIpc) is 3.49. The molecule has 0 unspecified atom stereocenters. The van der Waals surface area contributed by atoms with E-state index in [2.05, 4.69) is 20.3 Å². The van der Waals surface area contributed by atoms with E-state index in [4.69, 9.17) is 0 Å². The molecule has 0 spiro atoms. The standard InChI is InChI=1S/C15H18N10O5S/c1-20-9-12(8-17-20)31(29,30)24-6-4-21(5-7-24)14(26)13-2-3-22(18-13)11-23-10-16-15(19-23)25(27)28/h2-3,8-10H,4-7,11H2,1H3. The molecule has 15 nitrogen and oxygen atoms in total. The van der Waals surface area contributed by atoms with Gasteiger partial charge in [-0.05, 0) is 11.0 Å². The molecular weight excluding hydrogens is 432 g/mol. The van der Waals surface area contributed by atoms with Gasteiger partial charge in [0.1, 0.15) is 10.6 Å². The molecule has 3 aromatic heterocycles. The third-order valence-electron chi connectivity index (χ3n) is 4.68. The van der Waals surface area contributed by atoms with Crippen LogP contribution in [-0.2, 0) is 23.7 Å². The molecule has 0 aliphatic carbocycles. The van der Waals surface area contributed by atoms with Crippen molar-refractivity contribution in [1.82, 2.24) is 43.5 Å². The molecule has 4 heterocycles. The van der Waals surface area contributed by atoms with Gasteiger partial charge in [-0.15, -0.1) is 0 Å². The average molecular weight is 450 g/mol. The smallest absolute Gasteiger partial charge is 0.390 e. The van der Waals surface area contributed by atoms with Crippen molar-refractivity contribution in [3.05, 3.63) is 46.8 Å². The predicted molar refractivity (Wildman–Crippen MR) is 102 cm³/mol. The number of piperazine rings is 1. The SMILES string of the molecule is Cn1cc(S(=O)(=O)N2CCN(C(=O)c3ccn(Cn4cnc([N+](=O)[O-])n4)n3)CC2)cn1. The number of amides is 1. The Morgan fingerprint density at radius 1 is 1.19 bits per heavy atom. The highest BCUT2D eigenvalue weighted by molar-refractivity contribution is 7.89. The van der Waals surface area contributed by atoms with Gasteiger partial charge in [0.15, 0.2) is 6.67 Å². The number of hydrogen-bond acceptors (Lipinski definition) is 9. The number of carbonyl (C=O) groups is 1. The van der Waals surface area contributed by atoms with Crippen LogP contribution in [0.2, 0.25) is 0 Å². The Balaban J connectivity index is 1.37. The van der Waals surface area contributed by atoms with Crippen LogP contribution in [0.25, 0.3) is 0 Å². The summed E-state index contributed by atoms with van der Waals surface area (Å²) in [6.45, 7) is 0.810. The zero-order chi connectivity index (χ0) is 22.2. The van der Waals surface area contributed by atoms with E-state index in [1.54, 1.807) is 13.2 Å². The maximum absolute atomic E-state index is 12.7. The fourth-order valence-electron chi connectivity index (χ4n) is 3.11. The van der Waals surface area contributed by atoms with Gasteiger partial charge in [-0.25, -0.2) is 13.1 Å².